The highest BCUT2D eigenvalue weighted by Gasteiger charge is 2.41. The number of thioether (sulfide) groups is 2. The second kappa shape index (κ2) is 6.55. The van der Waals surface area contributed by atoms with E-state index in [4.69, 9.17) is 33.9 Å². The molecule has 0 aliphatic carbocycles. The zero-order valence-electron chi connectivity index (χ0n) is 9.24. The Balaban J connectivity index is 2.71. The van der Waals surface area contributed by atoms with Gasteiger partial charge in [-0.25, -0.2) is 8.42 Å². The van der Waals surface area contributed by atoms with E-state index in [-0.39, 0.29) is 11.5 Å². The minimum Gasteiger partial charge on any atom is -0.470 e. The van der Waals surface area contributed by atoms with E-state index in [0.717, 1.165) is 0 Å². The van der Waals surface area contributed by atoms with Crippen molar-refractivity contribution in [2.24, 2.45) is 0 Å². The standard InChI is InChI=1S/C8H12O4S5/c1-15-7(13)11-5-3-17(9,10)4-6(5)12-8(14)16-2/h5-6H,3-4H2,1-2H3/t5-,6-/m1/s1. The average molecular weight is 333 g/mol. The zero-order chi connectivity index (χ0) is 13.1. The van der Waals surface area contributed by atoms with Crippen molar-refractivity contribution in [1.82, 2.24) is 0 Å². The third kappa shape index (κ3) is 4.90. The lowest BCUT2D eigenvalue weighted by molar-refractivity contribution is 0.0865. The second-order valence-corrected chi connectivity index (χ2v) is 8.27. The summed E-state index contributed by atoms with van der Waals surface area (Å²) in [5.41, 5.74) is 0. The highest BCUT2D eigenvalue weighted by atomic mass is 32.2. The molecule has 0 bridgehead atoms. The van der Waals surface area contributed by atoms with E-state index in [1.807, 2.05) is 0 Å². The number of sulfone groups is 1. The fourth-order valence-corrected chi connectivity index (χ4v) is 3.74. The van der Waals surface area contributed by atoms with Gasteiger partial charge in [0.25, 0.3) is 0 Å². The van der Waals surface area contributed by atoms with Gasteiger partial charge in [-0.1, -0.05) is 23.5 Å². The third-order valence-electron chi connectivity index (χ3n) is 2.08. The summed E-state index contributed by atoms with van der Waals surface area (Å²) in [7, 11) is -3.14. The first-order valence-electron chi connectivity index (χ1n) is 4.57. The van der Waals surface area contributed by atoms with Crippen LogP contribution < -0.4 is 0 Å². The van der Waals surface area contributed by atoms with Gasteiger partial charge in [0.15, 0.2) is 22.0 Å². The van der Waals surface area contributed by atoms with Gasteiger partial charge < -0.3 is 9.47 Å². The predicted molar refractivity (Wildman–Crippen MR) is 80.6 cm³/mol. The van der Waals surface area contributed by atoms with E-state index in [0.29, 0.717) is 8.77 Å². The zero-order valence-corrected chi connectivity index (χ0v) is 13.3. The molecule has 0 saturated carbocycles. The number of rotatable bonds is 2. The lowest BCUT2D eigenvalue weighted by Crippen LogP contribution is -2.32. The summed E-state index contributed by atoms with van der Waals surface area (Å²) in [5.74, 6) is -0.148. The highest BCUT2D eigenvalue weighted by Crippen LogP contribution is 2.22. The molecule has 0 unspecified atom stereocenters. The molecule has 1 fully saturated rings. The van der Waals surface area contributed by atoms with Crippen LogP contribution in [0.1, 0.15) is 0 Å². The van der Waals surface area contributed by atoms with Crippen LogP contribution in [0.25, 0.3) is 0 Å². The van der Waals surface area contributed by atoms with Crippen LogP contribution in [-0.2, 0) is 19.3 Å². The van der Waals surface area contributed by atoms with Gasteiger partial charge in [0.05, 0.1) is 11.5 Å². The van der Waals surface area contributed by atoms with Crippen LogP contribution in [0.15, 0.2) is 0 Å². The van der Waals surface area contributed by atoms with Gasteiger partial charge in [0, 0.05) is 0 Å². The first-order chi connectivity index (χ1) is 7.88. The molecular weight excluding hydrogens is 320 g/mol. The summed E-state index contributed by atoms with van der Waals surface area (Å²) in [6.45, 7) is 0. The van der Waals surface area contributed by atoms with E-state index in [2.05, 4.69) is 0 Å². The van der Waals surface area contributed by atoms with Gasteiger partial charge in [0.1, 0.15) is 0 Å². The summed E-state index contributed by atoms with van der Waals surface area (Å²) < 4.78 is 34.4. The van der Waals surface area contributed by atoms with Gasteiger partial charge in [-0.2, -0.15) is 0 Å². The topological polar surface area (TPSA) is 52.6 Å². The minimum absolute atomic E-state index is 0.0740. The molecule has 0 aromatic carbocycles. The fraction of sp³-hybridized carbons (Fsp3) is 0.750. The van der Waals surface area contributed by atoms with Gasteiger partial charge >= 0.3 is 0 Å². The molecule has 17 heavy (non-hydrogen) atoms. The molecule has 0 amide bonds. The SMILES string of the molecule is CSC(=S)O[C@@H]1CS(=O)(=O)C[C@H]1OC(=S)SC. The van der Waals surface area contributed by atoms with Crippen LogP contribution in [0.3, 0.4) is 0 Å². The summed E-state index contributed by atoms with van der Waals surface area (Å²) >= 11 is 12.3. The van der Waals surface area contributed by atoms with Crippen LogP contribution in [-0.4, -0.2) is 53.4 Å². The first-order valence-corrected chi connectivity index (χ1v) is 9.66. The van der Waals surface area contributed by atoms with Crippen molar-refractivity contribution in [2.75, 3.05) is 24.0 Å². The van der Waals surface area contributed by atoms with Gasteiger partial charge in [-0.05, 0) is 36.9 Å². The minimum atomic E-state index is -3.14. The third-order valence-corrected chi connectivity index (χ3v) is 5.80. The summed E-state index contributed by atoms with van der Waals surface area (Å²) in [4.78, 5) is 0. The van der Waals surface area contributed by atoms with E-state index in [1.54, 1.807) is 12.5 Å². The molecule has 0 radical (unpaired) electrons. The van der Waals surface area contributed by atoms with Crippen molar-refractivity contribution in [1.29, 1.82) is 0 Å². The van der Waals surface area contributed by atoms with E-state index in [1.165, 1.54) is 23.5 Å². The number of thiocarbonyl (C=S) groups is 2. The Morgan fingerprint density at radius 1 is 1.06 bits per heavy atom. The number of hydrogen-bond acceptors (Lipinski definition) is 8. The smallest absolute Gasteiger partial charge is 0.220 e. The first kappa shape index (κ1) is 15.5. The van der Waals surface area contributed by atoms with Crippen LogP contribution in [0.5, 0.6) is 0 Å². The summed E-state index contributed by atoms with van der Waals surface area (Å²) in [6, 6.07) is 0. The Hall–Kier alpha value is 0.430. The van der Waals surface area contributed by atoms with Crippen molar-refractivity contribution in [2.45, 2.75) is 12.2 Å². The molecule has 9 heteroatoms. The van der Waals surface area contributed by atoms with Crippen LogP contribution in [0, 0.1) is 0 Å². The van der Waals surface area contributed by atoms with E-state index < -0.39 is 22.0 Å². The highest BCUT2D eigenvalue weighted by molar-refractivity contribution is 8.22. The van der Waals surface area contributed by atoms with Crippen LogP contribution in [0.2, 0.25) is 0 Å². The normalized spacial score (nSPS) is 26.5. The second-order valence-electron chi connectivity index (χ2n) is 3.30. The molecule has 1 rings (SSSR count). The van der Waals surface area contributed by atoms with Gasteiger partial charge in [-0.3, -0.25) is 0 Å². The van der Waals surface area contributed by atoms with Crippen LogP contribution >= 0.6 is 48.0 Å². The maximum Gasteiger partial charge on any atom is 0.220 e. The molecular formula is C8H12O4S5. The summed E-state index contributed by atoms with van der Waals surface area (Å²) in [6.07, 6.45) is 2.41. The van der Waals surface area contributed by atoms with Crippen molar-refractivity contribution in [3.05, 3.63) is 0 Å². The number of ether oxygens (including phenoxy) is 2. The maximum atomic E-state index is 11.5. The molecule has 0 N–H and O–H groups in total. The van der Waals surface area contributed by atoms with E-state index in [9.17, 15) is 8.42 Å². The average Bonchev–Trinajstić information content (AvgIpc) is 2.52. The monoisotopic (exact) mass is 332 g/mol. The molecule has 1 saturated heterocycles. The molecule has 98 valence electrons. The van der Waals surface area contributed by atoms with Crippen molar-refractivity contribution in [3.63, 3.8) is 0 Å². The quantitative estimate of drug-likeness (QED) is 0.705. The van der Waals surface area contributed by atoms with E-state index >= 15 is 0 Å². The molecule has 0 aromatic rings. The fourth-order valence-electron chi connectivity index (χ4n) is 1.35. The largest absolute Gasteiger partial charge is 0.470 e. The number of hydrogen-bond donors (Lipinski definition) is 0. The molecule has 4 nitrogen and oxygen atoms in total. The predicted octanol–water partition coefficient (Wildman–Crippen LogP) is 1.48. The lowest BCUT2D eigenvalue weighted by atomic mass is 10.3. The molecule has 1 aliphatic rings. The lowest BCUT2D eigenvalue weighted by Gasteiger charge is -2.20. The summed E-state index contributed by atoms with van der Waals surface area (Å²) in [5, 5.41) is 0. The molecule has 1 aliphatic heterocycles. The Kier molecular flexibility index (Phi) is 5.97. The molecule has 2 atom stereocenters. The van der Waals surface area contributed by atoms with Gasteiger partial charge in [0.2, 0.25) is 8.77 Å². The Bertz CT molecular complexity index is 372. The van der Waals surface area contributed by atoms with Crippen LogP contribution in [0.4, 0.5) is 0 Å². The maximum absolute atomic E-state index is 11.5. The molecule has 1 heterocycles. The van der Waals surface area contributed by atoms with Crippen molar-refractivity contribution < 1.29 is 17.9 Å². The Morgan fingerprint density at radius 3 is 1.71 bits per heavy atom. The van der Waals surface area contributed by atoms with Crippen molar-refractivity contribution in [3.8, 4) is 0 Å². The molecule has 0 spiro atoms. The Morgan fingerprint density at radius 2 is 1.41 bits per heavy atom. The molecule has 0 aromatic heterocycles. The van der Waals surface area contributed by atoms with Gasteiger partial charge in [-0.15, -0.1) is 0 Å². The van der Waals surface area contributed by atoms with Crippen molar-refractivity contribution >= 4 is 66.6 Å². The Labute approximate surface area is 120 Å².